The van der Waals surface area contributed by atoms with Crippen molar-refractivity contribution in [3.63, 3.8) is 0 Å². The third kappa shape index (κ3) is 2.36. The molecule has 1 aromatic carbocycles. The highest BCUT2D eigenvalue weighted by molar-refractivity contribution is 6.17. The third-order valence-electron chi connectivity index (χ3n) is 2.02. The third-order valence-corrected chi connectivity index (χ3v) is 2.02. The number of benzene rings is 1. The van der Waals surface area contributed by atoms with E-state index < -0.39 is 0 Å². The summed E-state index contributed by atoms with van der Waals surface area (Å²) in [5.41, 5.74) is 2.09. The van der Waals surface area contributed by atoms with Crippen molar-refractivity contribution in [3.8, 4) is 17.0 Å². The Hall–Kier alpha value is -1.81. The average Bonchev–Trinajstić information content (AvgIpc) is 2.31. The molecule has 1 N–H and O–H groups in total. The number of aromatic nitrogens is 1. The van der Waals surface area contributed by atoms with Gasteiger partial charge in [0.05, 0.1) is 0 Å². The second-order valence-corrected chi connectivity index (χ2v) is 2.97. The Kier molecular flexibility index (Phi) is 3.00. The molecule has 2 aromatic rings. The van der Waals surface area contributed by atoms with Gasteiger partial charge in [-0.2, -0.15) is 0 Å². The van der Waals surface area contributed by atoms with Gasteiger partial charge in [-0.05, 0) is 17.2 Å². The summed E-state index contributed by atoms with van der Waals surface area (Å²) in [6.45, 7) is 0. The molecule has 73 valence electrons. The van der Waals surface area contributed by atoms with Gasteiger partial charge < -0.3 is 9.68 Å². The van der Waals surface area contributed by atoms with E-state index in [9.17, 15) is 0 Å². The second kappa shape index (κ2) is 4.62. The minimum Gasteiger partial charge on any atom is -0.523 e. The van der Waals surface area contributed by atoms with Gasteiger partial charge in [-0.25, -0.2) is 4.98 Å². The number of hydrogen-bond acceptors (Lipinski definition) is 3. The predicted octanol–water partition coefficient (Wildman–Crippen LogP) is 1.65. The molecular weight excluding hydrogens is 189 g/mol. The summed E-state index contributed by atoms with van der Waals surface area (Å²) in [6.07, 6.45) is 1.64. The Morgan fingerprint density at radius 1 is 1.07 bits per heavy atom. The van der Waals surface area contributed by atoms with Gasteiger partial charge in [0.2, 0.25) is 0 Å². The van der Waals surface area contributed by atoms with Gasteiger partial charge in [0.1, 0.15) is 0 Å². The van der Waals surface area contributed by atoms with E-state index in [0.717, 1.165) is 11.1 Å². The summed E-state index contributed by atoms with van der Waals surface area (Å²) in [5, 5.41) is 8.49. The van der Waals surface area contributed by atoms with Crippen molar-refractivity contribution in [2.45, 2.75) is 0 Å². The summed E-state index contributed by atoms with van der Waals surface area (Å²) in [7, 11) is 0.622. The highest BCUT2D eigenvalue weighted by atomic mass is 16.5. The van der Waals surface area contributed by atoms with Crippen LogP contribution >= 0.6 is 0 Å². The standard InChI is InChI=1S/C11H9BNO2/c14-12-15-11-8-10(6-7-13-11)9-4-2-1-3-5-9/h1-8,14H. The number of pyridine rings is 1. The molecule has 4 heteroatoms. The van der Waals surface area contributed by atoms with Crippen LogP contribution in [-0.4, -0.2) is 17.7 Å². The van der Waals surface area contributed by atoms with Crippen LogP contribution in [0.3, 0.4) is 0 Å². The first-order valence-electron chi connectivity index (χ1n) is 4.54. The van der Waals surface area contributed by atoms with Crippen LogP contribution in [0.5, 0.6) is 5.88 Å². The Bertz CT molecular complexity index is 434. The zero-order chi connectivity index (χ0) is 10.5. The maximum absolute atomic E-state index is 8.49. The highest BCUT2D eigenvalue weighted by Gasteiger charge is 2.00. The quantitative estimate of drug-likeness (QED) is 0.762. The fraction of sp³-hybridized carbons (Fsp3) is 0. The summed E-state index contributed by atoms with van der Waals surface area (Å²) in [5.74, 6) is 0.374. The maximum atomic E-state index is 8.49. The van der Waals surface area contributed by atoms with Crippen LogP contribution < -0.4 is 4.65 Å². The fourth-order valence-corrected chi connectivity index (χ4v) is 1.34. The van der Waals surface area contributed by atoms with E-state index in [1.165, 1.54) is 0 Å². The molecule has 1 aromatic heterocycles. The SMILES string of the molecule is O[B]Oc1cc(-c2ccccc2)ccn1. The summed E-state index contributed by atoms with van der Waals surface area (Å²) in [4.78, 5) is 3.94. The molecule has 15 heavy (non-hydrogen) atoms. The first-order chi connectivity index (χ1) is 7.40. The molecule has 0 amide bonds. The van der Waals surface area contributed by atoms with Crippen LogP contribution in [0, 0.1) is 0 Å². The number of rotatable bonds is 3. The molecule has 0 fully saturated rings. The molecule has 0 saturated heterocycles. The molecule has 2 rings (SSSR count). The van der Waals surface area contributed by atoms with E-state index in [0.29, 0.717) is 13.6 Å². The van der Waals surface area contributed by atoms with E-state index in [-0.39, 0.29) is 0 Å². The second-order valence-electron chi connectivity index (χ2n) is 2.97. The van der Waals surface area contributed by atoms with Crippen LogP contribution in [0.15, 0.2) is 48.7 Å². The molecule has 0 unspecified atom stereocenters. The normalized spacial score (nSPS) is 9.67. The molecule has 0 aliphatic carbocycles. The Morgan fingerprint density at radius 2 is 1.87 bits per heavy atom. The van der Waals surface area contributed by atoms with Crippen molar-refractivity contribution in [2.75, 3.05) is 0 Å². The first kappa shape index (κ1) is 9.74. The van der Waals surface area contributed by atoms with Gasteiger partial charge in [-0.3, -0.25) is 0 Å². The fourth-order valence-electron chi connectivity index (χ4n) is 1.34. The molecule has 3 nitrogen and oxygen atoms in total. The highest BCUT2D eigenvalue weighted by Crippen LogP contribution is 2.21. The van der Waals surface area contributed by atoms with E-state index >= 15 is 0 Å². The van der Waals surface area contributed by atoms with E-state index in [2.05, 4.69) is 4.98 Å². The number of hydrogen-bond donors (Lipinski definition) is 1. The van der Waals surface area contributed by atoms with E-state index in [1.54, 1.807) is 12.3 Å². The van der Waals surface area contributed by atoms with Gasteiger partial charge in [0, 0.05) is 12.3 Å². The number of nitrogens with zero attached hydrogens (tertiary/aromatic N) is 1. The van der Waals surface area contributed by atoms with Crippen LogP contribution in [0.4, 0.5) is 0 Å². The van der Waals surface area contributed by atoms with Gasteiger partial charge in [0.25, 0.3) is 0 Å². The molecule has 0 spiro atoms. The molecule has 1 radical (unpaired) electrons. The van der Waals surface area contributed by atoms with Crippen molar-refractivity contribution in [1.82, 2.24) is 4.98 Å². The molecular formula is C11H9BNO2. The van der Waals surface area contributed by atoms with Crippen LogP contribution in [0.25, 0.3) is 11.1 Å². The van der Waals surface area contributed by atoms with E-state index in [1.807, 2.05) is 36.4 Å². The summed E-state index contributed by atoms with van der Waals surface area (Å²) >= 11 is 0. The summed E-state index contributed by atoms with van der Waals surface area (Å²) < 4.78 is 4.79. The predicted molar refractivity (Wildman–Crippen MR) is 58.3 cm³/mol. The maximum Gasteiger partial charge on any atom is 0.570 e. The first-order valence-corrected chi connectivity index (χ1v) is 4.54. The Labute approximate surface area is 88.7 Å². The van der Waals surface area contributed by atoms with Crippen molar-refractivity contribution in [2.24, 2.45) is 0 Å². The lowest BCUT2D eigenvalue weighted by atomic mass is 10.1. The molecule has 0 aliphatic rings. The van der Waals surface area contributed by atoms with Gasteiger partial charge in [0.15, 0.2) is 5.88 Å². The molecule has 0 bridgehead atoms. The van der Waals surface area contributed by atoms with Gasteiger partial charge in [-0.15, -0.1) is 0 Å². The van der Waals surface area contributed by atoms with Crippen LogP contribution in [0.2, 0.25) is 0 Å². The average molecular weight is 198 g/mol. The molecule has 0 aliphatic heterocycles. The van der Waals surface area contributed by atoms with Crippen LogP contribution in [-0.2, 0) is 0 Å². The minimum atomic E-state index is 0.374. The lowest BCUT2D eigenvalue weighted by Crippen LogP contribution is -2.01. The lowest BCUT2D eigenvalue weighted by Gasteiger charge is -2.04. The zero-order valence-corrected chi connectivity index (χ0v) is 8.00. The van der Waals surface area contributed by atoms with Crippen molar-refractivity contribution < 1.29 is 9.68 Å². The van der Waals surface area contributed by atoms with Crippen molar-refractivity contribution >= 4 is 7.69 Å². The largest absolute Gasteiger partial charge is 0.570 e. The van der Waals surface area contributed by atoms with E-state index in [4.69, 9.17) is 9.68 Å². The topological polar surface area (TPSA) is 42.4 Å². The van der Waals surface area contributed by atoms with Gasteiger partial charge >= 0.3 is 7.69 Å². The molecule has 1 heterocycles. The van der Waals surface area contributed by atoms with Crippen molar-refractivity contribution in [1.29, 1.82) is 0 Å². The van der Waals surface area contributed by atoms with Gasteiger partial charge in [-0.1, -0.05) is 30.3 Å². The van der Waals surface area contributed by atoms with Crippen molar-refractivity contribution in [3.05, 3.63) is 48.7 Å². The lowest BCUT2D eigenvalue weighted by molar-refractivity contribution is 0.443. The summed E-state index contributed by atoms with van der Waals surface area (Å²) in [6, 6.07) is 13.6. The molecule has 0 atom stereocenters. The smallest absolute Gasteiger partial charge is 0.523 e. The minimum absolute atomic E-state index is 0.374. The monoisotopic (exact) mass is 198 g/mol. The Balaban J connectivity index is 2.33. The molecule has 0 saturated carbocycles. The van der Waals surface area contributed by atoms with Crippen LogP contribution in [0.1, 0.15) is 0 Å². The zero-order valence-electron chi connectivity index (χ0n) is 8.00. The Morgan fingerprint density at radius 3 is 2.60 bits per heavy atom.